The van der Waals surface area contributed by atoms with Crippen LogP contribution in [0, 0.1) is 6.92 Å². The minimum absolute atomic E-state index is 0.235. The van der Waals surface area contributed by atoms with Crippen molar-refractivity contribution in [1.82, 2.24) is 15.3 Å². The Hall–Kier alpha value is -2.99. The summed E-state index contributed by atoms with van der Waals surface area (Å²) >= 11 is 1.51. The van der Waals surface area contributed by atoms with Gasteiger partial charge in [-0.15, -0.1) is 11.3 Å². The molecule has 3 heterocycles. The Balaban J connectivity index is 1.48. The number of furan rings is 1. The van der Waals surface area contributed by atoms with Crippen molar-refractivity contribution in [2.75, 3.05) is 0 Å². The molecule has 0 fully saturated rings. The summed E-state index contributed by atoms with van der Waals surface area (Å²) in [5.74, 6) is 0.113. The summed E-state index contributed by atoms with van der Waals surface area (Å²) in [6, 6.07) is 13.3. The number of hydrogen-bond acceptors (Lipinski definition) is 5. The van der Waals surface area contributed by atoms with Crippen molar-refractivity contribution in [3.05, 3.63) is 71.1 Å². The second-order valence-electron chi connectivity index (χ2n) is 5.59. The van der Waals surface area contributed by atoms with Crippen LogP contribution in [0.15, 0.2) is 58.5 Å². The second-order valence-corrected chi connectivity index (χ2v) is 6.45. The lowest BCUT2D eigenvalue weighted by molar-refractivity contribution is 0.0924. The number of carbonyl (C=O) groups excluding carboxylic acids is 1. The number of aromatic nitrogens is 2. The Labute approximate surface area is 148 Å². The number of pyridine rings is 1. The molecule has 0 atom stereocenters. The molecule has 1 amide bonds. The van der Waals surface area contributed by atoms with Crippen LogP contribution in [0.2, 0.25) is 0 Å². The molecule has 0 spiro atoms. The molecule has 124 valence electrons. The van der Waals surface area contributed by atoms with E-state index in [1.165, 1.54) is 11.3 Å². The van der Waals surface area contributed by atoms with Gasteiger partial charge in [-0.25, -0.2) is 4.98 Å². The molecule has 0 aliphatic rings. The molecule has 0 aliphatic heterocycles. The summed E-state index contributed by atoms with van der Waals surface area (Å²) in [5, 5.41) is 6.59. The number of nitrogens with one attached hydrogen (secondary N) is 1. The molecule has 4 rings (SSSR count). The molecule has 0 saturated carbocycles. The van der Waals surface area contributed by atoms with Crippen molar-refractivity contribution in [1.29, 1.82) is 0 Å². The van der Waals surface area contributed by atoms with Gasteiger partial charge in [-0.05, 0) is 25.1 Å². The van der Waals surface area contributed by atoms with Gasteiger partial charge < -0.3 is 9.73 Å². The molecule has 5 nitrogen and oxygen atoms in total. The Morgan fingerprint density at radius 3 is 2.84 bits per heavy atom. The molecular weight excluding hydrogens is 334 g/mol. The number of nitrogens with zero attached hydrogens (tertiary/aromatic N) is 2. The first-order valence-electron chi connectivity index (χ1n) is 7.84. The fourth-order valence-electron chi connectivity index (χ4n) is 2.64. The van der Waals surface area contributed by atoms with E-state index >= 15 is 0 Å². The fourth-order valence-corrected chi connectivity index (χ4v) is 3.43. The van der Waals surface area contributed by atoms with E-state index in [4.69, 9.17) is 4.42 Å². The van der Waals surface area contributed by atoms with Crippen molar-refractivity contribution < 1.29 is 9.21 Å². The SMILES string of the molecule is Cc1c(C(=O)NCc2csc(-c3ccccn3)n2)oc2ccccc12. The number of carbonyl (C=O) groups is 1. The van der Waals surface area contributed by atoms with Crippen LogP contribution in [0.5, 0.6) is 0 Å². The van der Waals surface area contributed by atoms with Crippen LogP contribution in [0.1, 0.15) is 21.8 Å². The van der Waals surface area contributed by atoms with Gasteiger partial charge in [0.1, 0.15) is 10.6 Å². The summed E-state index contributed by atoms with van der Waals surface area (Å²) in [6.07, 6.45) is 1.74. The monoisotopic (exact) mass is 349 g/mol. The minimum Gasteiger partial charge on any atom is -0.451 e. The maximum Gasteiger partial charge on any atom is 0.287 e. The molecule has 6 heteroatoms. The number of hydrogen-bond donors (Lipinski definition) is 1. The maximum absolute atomic E-state index is 12.4. The highest BCUT2D eigenvalue weighted by Gasteiger charge is 2.17. The molecule has 1 N–H and O–H groups in total. The molecule has 0 unspecified atom stereocenters. The summed E-state index contributed by atoms with van der Waals surface area (Å²) in [4.78, 5) is 21.3. The highest BCUT2D eigenvalue weighted by Crippen LogP contribution is 2.25. The summed E-state index contributed by atoms with van der Waals surface area (Å²) in [5.41, 5.74) is 3.20. The molecule has 25 heavy (non-hydrogen) atoms. The van der Waals surface area contributed by atoms with Gasteiger partial charge >= 0.3 is 0 Å². The zero-order valence-electron chi connectivity index (χ0n) is 13.5. The number of amides is 1. The number of para-hydroxylation sites is 1. The van der Waals surface area contributed by atoms with E-state index in [0.717, 1.165) is 32.9 Å². The molecule has 4 aromatic rings. The Bertz CT molecular complexity index is 1040. The van der Waals surface area contributed by atoms with Crippen LogP contribution in [0.3, 0.4) is 0 Å². The van der Waals surface area contributed by atoms with E-state index in [2.05, 4.69) is 15.3 Å². The Kier molecular flexibility index (Phi) is 4.03. The molecule has 0 bridgehead atoms. The van der Waals surface area contributed by atoms with Crippen LogP contribution >= 0.6 is 11.3 Å². The molecule has 1 aromatic carbocycles. The largest absolute Gasteiger partial charge is 0.451 e. The quantitative estimate of drug-likeness (QED) is 0.600. The van der Waals surface area contributed by atoms with E-state index in [1.54, 1.807) is 6.20 Å². The number of aryl methyl sites for hydroxylation is 1. The van der Waals surface area contributed by atoms with E-state index in [0.29, 0.717) is 12.3 Å². The van der Waals surface area contributed by atoms with Crippen molar-refractivity contribution in [2.45, 2.75) is 13.5 Å². The Morgan fingerprint density at radius 1 is 1.20 bits per heavy atom. The van der Waals surface area contributed by atoms with Gasteiger partial charge in [0.2, 0.25) is 0 Å². The maximum atomic E-state index is 12.4. The fraction of sp³-hybridized carbons (Fsp3) is 0.105. The molecule has 0 radical (unpaired) electrons. The predicted octanol–water partition coefficient (Wildman–Crippen LogP) is 4.19. The smallest absolute Gasteiger partial charge is 0.287 e. The first-order valence-corrected chi connectivity index (χ1v) is 8.72. The predicted molar refractivity (Wildman–Crippen MR) is 97.5 cm³/mol. The zero-order valence-corrected chi connectivity index (χ0v) is 14.3. The Morgan fingerprint density at radius 2 is 2.04 bits per heavy atom. The summed E-state index contributed by atoms with van der Waals surface area (Å²) in [6.45, 7) is 2.24. The lowest BCUT2D eigenvalue weighted by Crippen LogP contribution is -2.23. The van der Waals surface area contributed by atoms with Crippen LogP contribution in [0.25, 0.3) is 21.7 Å². The van der Waals surface area contributed by atoms with Gasteiger partial charge in [-0.3, -0.25) is 9.78 Å². The van der Waals surface area contributed by atoms with Crippen molar-refractivity contribution in [3.63, 3.8) is 0 Å². The topological polar surface area (TPSA) is 68.0 Å². The van der Waals surface area contributed by atoms with Gasteiger partial charge in [0.15, 0.2) is 5.76 Å². The minimum atomic E-state index is -0.235. The van der Waals surface area contributed by atoms with E-state index in [9.17, 15) is 4.79 Å². The van der Waals surface area contributed by atoms with Gasteiger partial charge in [0, 0.05) is 22.5 Å². The molecule has 0 saturated heterocycles. The highest BCUT2D eigenvalue weighted by atomic mass is 32.1. The third-order valence-corrected chi connectivity index (χ3v) is 4.83. The summed E-state index contributed by atoms with van der Waals surface area (Å²) in [7, 11) is 0. The van der Waals surface area contributed by atoms with Crippen LogP contribution in [-0.2, 0) is 6.54 Å². The second kappa shape index (κ2) is 6.49. The van der Waals surface area contributed by atoms with Crippen LogP contribution < -0.4 is 5.32 Å². The lowest BCUT2D eigenvalue weighted by atomic mass is 10.1. The number of fused-ring (bicyclic) bond motifs is 1. The average molecular weight is 349 g/mol. The van der Waals surface area contributed by atoms with Crippen molar-refractivity contribution in [3.8, 4) is 10.7 Å². The van der Waals surface area contributed by atoms with Crippen molar-refractivity contribution in [2.24, 2.45) is 0 Å². The number of rotatable bonds is 4. The lowest BCUT2D eigenvalue weighted by Gasteiger charge is -2.01. The molecule has 3 aromatic heterocycles. The van der Waals surface area contributed by atoms with Gasteiger partial charge in [-0.1, -0.05) is 24.3 Å². The number of benzene rings is 1. The number of thiazole rings is 1. The standard InChI is InChI=1S/C19H15N3O2S/c1-12-14-6-2-3-8-16(14)24-17(12)18(23)21-10-13-11-25-19(22-13)15-7-4-5-9-20-15/h2-9,11H,10H2,1H3,(H,21,23). The third kappa shape index (κ3) is 3.04. The van der Waals surface area contributed by atoms with Crippen LogP contribution in [-0.4, -0.2) is 15.9 Å². The van der Waals surface area contributed by atoms with Gasteiger partial charge in [0.05, 0.1) is 17.9 Å². The van der Waals surface area contributed by atoms with Gasteiger partial charge in [0.25, 0.3) is 5.91 Å². The van der Waals surface area contributed by atoms with E-state index in [1.807, 2.05) is 54.8 Å². The van der Waals surface area contributed by atoms with Crippen LogP contribution in [0.4, 0.5) is 0 Å². The van der Waals surface area contributed by atoms with E-state index in [-0.39, 0.29) is 5.91 Å². The normalized spacial score (nSPS) is 10.9. The zero-order chi connectivity index (χ0) is 17.2. The molecule has 0 aliphatic carbocycles. The molecular formula is C19H15N3O2S. The summed E-state index contributed by atoms with van der Waals surface area (Å²) < 4.78 is 5.68. The first kappa shape index (κ1) is 15.5. The van der Waals surface area contributed by atoms with E-state index < -0.39 is 0 Å². The third-order valence-electron chi connectivity index (χ3n) is 3.92. The highest BCUT2D eigenvalue weighted by molar-refractivity contribution is 7.13. The first-order chi connectivity index (χ1) is 12.2. The van der Waals surface area contributed by atoms with Crippen molar-refractivity contribution >= 4 is 28.2 Å². The average Bonchev–Trinajstić information content (AvgIpc) is 3.26. The van der Waals surface area contributed by atoms with Gasteiger partial charge in [-0.2, -0.15) is 0 Å².